The molecule has 2 aromatic rings. The Balaban J connectivity index is 1.69. The van der Waals surface area contributed by atoms with Gasteiger partial charge in [0.15, 0.2) is 0 Å². The molecule has 6 nitrogen and oxygen atoms in total. The number of rotatable bonds is 6. The summed E-state index contributed by atoms with van der Waals surface area (Å²) in [5.74, 6) is 1.54. The predicted molar refractivity (Wildman–Crippen MR) is 91.3 cm³/mol. The van der Waals surface area contributed by atoms with Crippen molar-refractivity contribution in [3.63, 3.8) is 0 Å². The van der Waals surface area contributed by atoms with E-state index < -0.39 is 6.10 Å². The van der Waals surface area contributed by atoms with Crippen LogP contribution in [0, 0.1) is 0 Å². The van der Waals surface area contributed by atoms with Gasteiger partial charge in [-0.2, -0.15) is 5.10 Å². The van der Waals surface area contributed by atoms with E-state index in [1.165, 1.54) is 5.56 Å². The van der Waals surface area contributed by atoms with Crippen molar-refractivity contribution < 1.29 is 14.6 Å². The quantitative estimate of drug-likeness (QED) is 0.876. The summed E-state index contributed by atoms with van der Waals surface area (Å²) in [5, 5.41) is 14.8. The fraction of sp³-hybridized carbons (Fsp3) is 0.500. The van der Waals surface area contributed by atoms with Crippen LogP contribution in [0.5, 0.6) is 11.5 Å². The van der Waals surface area contributed by atoms with Crippen LogP contribution in [0.1, 0.15) is 29.2 Å². The second-order valence-electron chi connectivity index (χ2n) is 6.24. The van der Waals surface area contributed by atoms with Crippen LogP contribution in [0.25, 0.3) is 0 Å². The molecule has 1 N–H and O–H groups in total. The maximum atomic E-state index is 10.6. The highest BCUT2D eigenvalue weighted by atomic mass is 16.5. The number of aliphatic hydroxyl groups is 1. The number of nitrogens with zero attached hydrogens (tertiary/aromatic N) is 3. The lowest BCUT2D eigenvalue weighted by atomic mass is 9.95. The van der Waals surface area contributed by atoms with Crippen molar-refractivity contribution in [2.75, 3.05) is 27.3 Å². The number of benzene rings is 1. The highest BCUT2D eigenvalue weighted by Gasteiger charge is 2.29. The summed E-state index contributed by atoms with van der Waals surface area (Å²) in [7, 11) is 5.23. The van der Waals surface area contributed by atoms with Crippen LogP contribution in [0.15, 0.2) is 24.5 Å². The zero-order valence-electron chi connectivity index (χ0n) is 14.5. The molecule has 0 bridgehead atoms. The number of β-amino-alcohol motifs (C(OH)–C–C–N with tert-alkyl or cyclic N) is 1. The largest absolute Gasteiger partial charge is 0.496 e. The van der Waals surface area contributed by atoms with Crippen LogP contribution in [0.2, 0.25) is 0 Å². The molecule has 1 aliphatic rings. The van der Waals surface area contributed by atoms with Gasteiger partial charge in [-0.15, -0.1) is 0 Å². The first-order valence-electron chi connectivity index (χ1n) is 8.24. The Hall–Kier alpha value is -2.05. The molecule has 0 aliphatic carbocycles. The molecule has 1 aliphatic heterocycles. The number of aliphatic hydroxyl groups excluding tert-OH is 1. The number of aromatic nitrogens is 2. The van der Waals surface area contributed by atoms with Crippen molar-refractivity contribution in [3.05, 3.63) is 41.2 Å². The zero-order valence-corrected chi connectivity index (χ0v) is 14.5. The van der Waals surface area contributed by atoms with Gasteiger partial charge in [-0.25, -0.2) is 0 Å². The molecule has 0 amide bonds. The fourth-order valence-electron chi connectivity index (χ4n) is 3.42. The Morgan fingerprint density at radius 1 is 1.25 bits per heavy atom. The van der Waals surface area contributed by atoms with Gasteiger partial charge < -0.3 is 14.6 Å². The third-order valence-electron chi connectivity index (χ3n) is 4.56. The second kappa shape index (κ2) is 7.23. The highest BCUT2D eigenvalue weighted by molar-refractivity contribution is 5.51. The smallest absolute Gasteiger partial charge is 0.125 e. The number of hydrogen-bond acceptors (Lipinski definition) is 5. The van der Waals surface area contributed by atoms with Gasteiger partial charge >= 0.3 is 0 Å². The van der Waals surface area contributed by atoms with Gasteiger partial charge in [0.1, 0.15) is 11.5 Å². The van der Waals surface area contributed by atoms with Gasteiger partial charge in [0, 0.05) is 37.5 Å². The highest BCUT2D eigenvalue weighted by Crippen LogP contribution is 2.39. The first-order valence-corrected chi connectivity index (χ1v) is 8.24. The lowest BCUT2D eigenvalue weighted by Gasteiger charge is -2.34. The van der Waals surface area contributed by atoms with Gasteiger partial charge in [0.25, 0.3) is 0 Å². The van der Waals surface area contributed by atoms with Crippen molar-refractivity contribution in [2.24, 2.45) is 7.05 Å². The molecule has 130 valence electrons. The monoisotopic (exact) mass is 331 g/mol. The van der Waals surface area contributed by atoms with E-state index in [1.54, 1.807) is 14.2 Å². The second-order valence-corrected chi connectivity index (χ2v) is 6.24. The van der Waals surface area contributed by atoms with Crippen LogP contribution in [0.3, 0.4) is 0 Å². The van der Waals surface area contributed by atoms with Crippen LogP contribution in [-0.4, -0.2) is 47.1 Å². The van der Waals surface area contributed by atoms with E-state index in [2.05, 4.69) is 10.00 Å². The maximum Gasteiger partial charge on any atom is 0.125 e. The van der Waals surface area contributed by atoms with Gasteiger partial charge in [0.05, 0.1) is 26.5 Å². The van der Waals surface area contributed by atoms with E-state index in [0.29, 0.717) is 6.54 Å². The van der Waals surface area contributed by atoms with Crippen LogP contribution >= 0.6 is 0 Å². The van der Waals surface area contributed by atoms with Crippen LogP contribution in [0.4, 0.5) is 0 Å². The number of ether oxygens (including phenoxy) is 2. The topological polar surface area (TPSA) is 59.8 Å². The first-order chi connectivity index (χ1) is 11.6. The number of hydrogen-bond donors (Lipinski definition) is 1. The van der Waals surface area contributed by atoms with Crippen LogP contribution in [-0.2, 0) is 20.0 Å². The maximum absolute atomic E-state index is 10.6. The van der Waals surface area contributed by atoms with E-state index in [-0.39, 0.29) is 0 Å². The normalized spacial score (nSPS) is 17.6. The lowest BCUT2D eigenvalue weighted by Crippen LogP contribution is -2.35. The van der Waals surface area contributed by atoms with E-state index in [4.69, 9.17) is 9.47 Å². The molecule has 0 radical (unpaired) electrons. The molecule has 1 unspecified atom stereocenters. The van der Waals surface area contributed by atoms with Crippen molar-refractivity contribution >= 4 is 0 Å². The van der Waals surface area contributed by atoms with E-state index in [1.807, 2.05) is 36.3 Å². The third-order valence-corrected chi connectivity index (χ3v) is 4.56. The molecule has 0 saturated carbocycles. The molecule has 24 heavy (non-hydrogen) atoms. The molecule has 1 aromatic heterocycles. The van der Waals surface area contributed by atoms with E-state index in [0.717, 1.165) is 48.6 Å². The Labute approximate surface area is 142 Å². The SMILES string of the molecule is COc1ccc(OC)c2c1CN(CCCc1cnn(C)c1)CC2O. The summed E-state index contributed by atoms with van der Waals surface area (Å²) in [6.07, 6.45) is 5.42. The summed E-state index contributed by atoms with van der Waals surface area (Å²) >= 11 is 0. The van der Waals surface area contributed by atoms with E-state index in [9.17, 15) is 5.11 Å². The average Bonchev–Trinajstić information content (AvgIpc) is 2.99. The molecule has 1 atom stereocenters. The molecular weight excluding hydrogens is 306 g/mol. The van der Waals surface area contributed by atoms with Crippen molar-refractivity contribution in [1.29, 1.82) is 0 Å². The summed E-state index contributed by atoms with van der Waals surface area (Å²) in [6.45, 7) is 2.30. The molecule has 0 spiro atoms. The third kappa shape index (κ3) is 3.39. The Kier molecular flexibility index (Phi) is 5.06. The summed E-state index contributed by atoms with van der Waals surface area (Å²) in [4.78, 5) is 2.27. The molecule has 0 fully saturated rings. The Morgan fingerprint density at radius 2 is 2.00 bits per heavy atom. The molecule has 6 heteroatoms. The minimum Gasteiger partial charge on any atom is -0.496 e. The molecule has 0 saturated heterocycles. The molecular formula is C18H25N3O3. The zero-order chi connectivity index (χ0) is 17.1. The molecule has 1 aromatic carbocycles. The van der Waals surface area contributed by atoms with Crippen molar-refractivity contribution in [3.8, 4) is 11.5 Å². The number of fused-ring (bicyclic) bond motifs is 1. The number of methoxy groups -OCH3 is 2. The van der Waals surface area contributed by atoms with Gasteiger partial charge in [-0.1, -0.05) is 0 Å². The van der Waals surface area contributed by atoms with Crippen LogP contribution < -0.4 is 9.47 Å². The van der Waals surface area contributed by atoms with E-state index >= 15 is 0 Å². The Bertz CT molecular complexity index is 699. The van der Waals surface area contributed by atoms with Gasteiger partial charge in [-0.05, 0) is 37.1 Å². The predicted octanol–water partition coefficient (Wildman–Crippen LogP) is 1.92. The van der Waals surface area contributed by atoms with Crippen molar-refractivity contribution in [1.82, 2.24) is 14.7 Å². The standard InChI is InChI=1S/C18H25N3O3/c1-20-10-13(9-19-20)5-4-8-21-11-14-16(23-2)6-7-17(24-3)18(14)15(22)12-21/h6-7,9-10,15,22H,4-5,8,11-12H2,1-3H3. The van der Waals surface area contributed by atoms with Gasteiger partial charge in [0.2, 0.25) is 0 Å². The van der Waals surface area contributed by atoms with Crippen molar-refractivity contribution in [2.45, 2.75) is 25.5 Å². The fourth-order valence-corrected chi connectivity index (χ4v) is 3.42. The summed E-state index contributed by atoms with van der Waals surface area (Å²) in [6, 6.07) is 3.77. The minimum absolute atomic E-state index is 0.558. The summed E-state index contributed by atoms with van der Waals surface area (Å²) in [5.41, 5.74) is 3.13. The average molecular weight is 331 g/mol. The minimum atomic E-state index is -0.558. The first kappa shape index (κ1) is 16.8. The number of aryl methyl sites for hydroxylation is 2. The van der Waals surface area contributed by atoms with Gasteiger partial charge in [-0.3, -0.25) is 9.58 Å². The summed E-state index contributed by atoms with van der Waals surface area (Å²) < 4.78 is 12.7. The molecule has 3 rings (SSSR count). The Morgan fingerprint density at radius 3 is 2.67 bits per heavy atom. The molecule has 2 heterocycles. The lowest BCUT2D eigenvalue weighted by molar-refractivity contribution is 0.0878.